The molecule has 2 atom stereocenters. The van der Waals surface area contributed by atoms with Crippen molar-refractivity contribution < 1.29 is 14.3 Å². The second kappa shape index (κ2) is 5.20. The van der Waals surface area contributed by atoms with E-state index >= 15 is 0 Å². The van der Waals surface area contributed by atoms with Crippen LogP contribution in [-0.4, -0.2) is 30.9 Å². The molecule has 1 saturated heterocycles. The molecule has 1 heterocycles. The number of hydrogen-bond acceptors (Lipinski definition) is 3. The predicted octanol–water partition coefficient (Wildman–Crippen LogP) is 1.69. The fourth-order valence-electron chi connectivity index (χ4n) is 1.54. The Morgan fingerprint density at radius 2 is 2.29 bits per heavy atom. The van der Waals surface area contributed by atoms with Crippen molar-refractivity contribution >= 4 is 6.09 Å². The van der Waals surface area contributed by atoms with Crippen molar-refractivity contribution in [2.75, 3.05) is 6.61 Å². The smallest absolute Gasteiger partial charge is 0.407 e. The van der Waals surface area contributed by atoms with E-state index in [1.807, 2.05) is 20.8 Å². The minimum Gasteiger partial charge on any atom is -0.447 e. The molecule has 0 aromatic heterocycles. The monoisotopic (exact) mass is 201 g/mol. The Bertz CT molecular complexity index is 194. The Morgan fingerprint density at radius 3 is 2.86 bits per heavy atom. The Kier molecular flexibility index (Phi) is 4.20. The molecular formula is C10H19NO3. The van der Waals surface area contributed by atoms with Gasteiger partial charge in [-0.1, -0.05) is 0 Å². The number of alkyl carbamates (subject to hydrolysis) is 1. The van der Waals surface area contributed by atoms with Crippen LogP contribution in [0.2, 0.25) is 0 Å². The summed E-state index contributed by atoms with van der Waals surface area (Å²) in [6.45, 7) is 6.41. The third-order valence-electron chi connectivity index (χ3n) is 2.15. The summed E-state index contributed by atoms with van der Waals surface area (Å²) >= 11 is 0. The Morgan fingerprint density at radius 1 is 1.57 bits per heavy atom. The van der Waals surface area contributed by atoms with Crippen LogP contribution >= 0.6 is 0 Å². The zero-order chi connectivity index (χ0) is 10.6. The maximum absolute atomic E-state index is 11.3. The second-order valence-electron chi connectivity index (χ2n) is 4.00. The van der Waals surface area contributed by atoms with Crippen molar-refractivity contribution in [1.29, 1.82) is 0 Å². The van der Waals surface area contributed by atoms with Crippen molar-refractivity contribution in [3.05, 3.63) is 0 Å². The standard InChI is InChI=1S/C10H19NO3/c1-7(2)14-10(12)11-9-4-5-13-8(3)6-9/h7-9H,4-6H2,1-3H3,(H,11,12). The maximum atomic E-state index is 11.3. The summed E-state index contributed by atoms with van der Waals surface area (Å²) in [7, 11) is 0. The molecular weight excluding hydrogens is 182 g/mol. The van der Waals surface area contributed by atoms with E-state index < -0.39 is 0 Å². The first-order valence-corrected chi connectivity index (χ1v) is 5.16. The van der Waals surface area contributed by atoms with Gasteiger partial charge in [0.2, 0.25) is 0 Å². The van der Waals surface area contributed by atoms with E-state index in [-0.39, 0.29) is 24.3 Å². The van der Waals surface area contributed by atoms with Gasteiger partial charge in [-0.2, -0.15) is 0 Å². The van der Waals surface area contributed by atoms with Gasteiger partial charge in [-0.3, -0.25) is 0 Å². The number of nitrogens with one attached hydrogen (secondary N) is 1. The molecule has 2 unspecified atom stereocenters. The molecule has 1 aliphatic rings. The lowest BCUT2D eigenvalue weighted by Crippen LogP contribution is -2.42. The highest BCUT2D eigenvalue weighted by Crippen LogP contribution is 2.13. The van der Waals surface area contributed by atoms with Gasteiger partial charge in [0.05, 0.1) is 12.2 Å². The van der Waals surface area contributed by atoms with E-state index in [1.54, 1.807) is 0 Å². The summed E-state index contributed by atoms with van der Waals surface area (Å²) in [5.41, 5.74) is 0. The lowest BCUT2D eigenvalue weighted by molar-refractivity contribution is 0.0119. The third-order valence-corrected chi connectivity index (χ3v) is 2.15. The van der Waals surface area contributed by atoms with Gasteiger partial charge in [0.15, 0.2) is 0 Å². The van der Waals surface area contributed by atoms with Crippen molar-refractivity contribution in [2.45, 2.75) is 51.9 Å². The number of rotatable bonds is 2. The van der Waals surface area contributed by atoms with E-state index in [4.69, 9.17) is 9.47 Å². The molecule has 1 aliphatic heterocycles. The molecule has 0 spiro atoms. The molecule has 1 fully saturated rings. The maximum Gasteiger partial charge on any atom is 0.407 e. The summed E-state index contributed by atoms with van der Waals surface area (Å²) in [5, 5.41) is 2.84. The van der Waals surface area contributed by atoms with Crippen LogP contribution in [0.4, 0.5) is 4.79 Å². The fourth-order valence-corrected chi connectivity index (χ4v) is 1.54. The highest BCUT2D eigenvalue weighted by atomic mass is 16.6. The van der Waals surface area contributed by atoms with Crippen LogP contribution in [0.15, 0.2) is 0 Å². The zero-order valence-electron chi connectivity index (χ0n) is 9.08. The van der Waals surface area contributed by atoms with Gasteiger partial charge in [0, 0.05) is 12.6 Å². The molecule has 4 heteroatoms. The van der Waals surface area contributed by atoms with Crippen LogP contribution in [0, 0.1) is 0 Å². The molecule has 0 saturated carbocycles. The zero-order valence-corrected chi connectivity index (χ0v) is 9.08. The topological polar surface area (TPSA) is 47.6 Å². The van der Waals surface area contributed by atoms with Crippen LogP contribution in [0.1, 0.15) is 33.6 Å². The van der Waals surface area contributed by atoms with Crippen molar-refractivity contribution in [3.63, 3.8) is 0 Å². The summed E-state index contributed by atoms with van der Waals surface area (Å²) in [6, 6.07) is 0.199. The molecule has 0 radical (unpaired) electrons. The summed E-state index contributed by atoms with van der Waals surface area (Å²) in [4.78, 5) is 11.3. The molecule has 0 aliphatic carbocycles. The molecule has 1 rings (SSSR count). The van der Waals surface area contributed by atoms with Crippen molar-refractivity contribution in [2.24, 2.45) is 0 Å². The van der Waals surface area contributed by atoms with Crippen molar-refractivity contribution in [3.8, 4) is 0 Å². The first-order valence-electron chi connectivity index (χ1n) is 5.16. The van der Waals surface area contributed by atoms with Gasteiger partial charge in [-0.25, -0.2) is 4.79 Å². The Labute approximate surface area is 85.0 Å². The van der Waals surface area contributed by atoms with Crippen LogP contribution in [0.25, 0.3) is 0 Å². The molecule has 1 N–H and O–H groups in total. The first-order chi connectivity index (χ1) is 6.58. The van der Waals surface area contributed by atoms with Gasteiger partial charge in [-0.05, 0) is 33.6 Å². The predicted molar refractivity (Wildman–Crippen MR) is 53.2 cm³/mol. The van der Waals surface area contributed by atoms with E-state index in [0.717, 1.165) is 12.8 Å². The van der Waals surface area contributed by atoms with Crippen LogP contribution in [0.3, 0.4) is 0 Å². The van der Waals surface area contributed by atoms with Crippen molar-refractivity contribution in [1.82, 2.24) is 5.32 Å². The molecule has 0 bridgehead atoms. The molecule has 14 heavy (non-hydrogen) atoms. The van der Waals surface area contributed by atoms with Gasteiger partial charge in [0.1, 0.15) is 0 Å². The van der Waals surface area contributed by atoms with E-state index in [2.05, 4.69) is 5.32 Å². The van der Waals surface area contributed by atoms with Crippen LogP contribution in [0.5, 0.6) is 0 Å². The number of carbonyl (C=O) groups excluding carboxylic acids is 1. The number of ether oxygens (including phenoxy) is 2. The minimum atomic E-state index is -0.320. The molecule has 1 amide bonds. The molecule has 4 nitrogen and oxygen atoms in total. The Hall–Kier alpha value is -0.770. The van der Waals surface area contributed by atoms with Crippen LogP contribution < -0.4 is 5.32 Å². The van der Waals surface area contributed by atoms with E-state index in [1.165, 1.54) is 0 Å². The lowest BCUT2D eigenvalue weighted by Gasteiger charge is -2.27. The van der Waals surface area contributed by atoms with Gasteiger partial charge >= 0.3 is 6.09 Å². The molecule has 0 aromatic carbocycles. The quantitative estimate of drug-likeness (QED) is 0.739. The Balaban J connectivity index is 2.25. The lowest BCUT2D eigenvalue weighted by atomic mass is 10.1. The van der Waals surface area contributed by atoms with E-state index in [0.29, 0.717) is 6.61 Å². The van der Waals surface area contributed by atoms with Crippen LogP contribution in [-0.2, 0) is 9.47 Å². The highest BCUT2D eigenvalue weighted by molar-refractivity contribution is 5.67. The summed E-state index contributed by atoms with van der Waals surface area (Å²) in [6.07, 6.45) is 1.59. The third kappa shape index (κ3) is 3.96. The summed E-state index contributed by atoms with van der Waals surface area (Å²) in [5.74, 6) is 0. The minimum absolute atomic E-state index is 0.0627. The van der Waals surface area contributed by atoms with Gasteiger partial charge < -0.3 is 14.8 Å². The average molecular weight is 201 g/mol. The largest absolute Gasteiger partial charge is 0.447 e. The first kappa shape index (κ1) is 11.3. The van der Waals surface area contributed by atoms with Gasteiger partial charge in [-0.15, -0.1) is 0 Å². The summed E-state index contributed by atoms with van der Waals surface area (Å²) < 4.78 is 10.4. The van der Waals surface area contributed by atoms with Gasteiger partial charge in [0.25, 0.3) is 0 Å². The van der Waals surface area contributed by atoms with E-state index in [9.17, 15) is 4.79 Å². The SMILES string of the molecule is CC(C)OC(=O)NC1CCOC(C)C1. The number of amides is 1. The number of hydrogen-bond donors (Lipinski definition) is 1. The second-order valence-corrected chi connectivity index (χ2v) is 4.00. The normalized spacial score (nSPS) is 27.4. The highest BCUT2D eigenvalue weighted by Gasteiger charge is 2.21. The fraction of sp³-hybridized carbons (Fsp3) is 0.900. The molecule has 0 aromatic rings. The number of carbonyl (C=O) groups is 1. The average Bonchev–Trinajstić information content (AvgIpc) is 2.01. The molecule has 82 valence electrons.